The number of nitrogens with two attached hydrogens (primary N) is 1. The number of likely N-dealkylation sites (N-methyl/N-ethyl adjacent to an activating group) is 1. The minimum atomic E-state index is 0. The standard InChI is InChI=1S/C21H35N5.HI/c1-18-5-3-12-26(16-18)21(22)23-15-19-6-8-20(9-7-19)17-25-11-4-10-24(2)13-14-25;/h6-9,18H,3-5,10-17H2,1-2H3,(H2,22,23);1H. The van der Waals surface area contributed by atoms with Crippen molar-refractivity contribution in [3.05, 3.63) is 35.4 Å². The lowest BCUT2D eigenvalue weighted by Crippen LogP contribution is -2.43. The first-order valence-electron chi connectivity index (χ1n) is 10.1. The zero-order valence-corrected chi connectivity index (χ0v) is 19.3. The third kappa shape index (κ3) is 7.23. The first-order chi connectivity index (χ1) is 12.6. The fourth-order valence-electron chi connectivity index (χ4n) is 3.94. The van der Waals surface area contributed by atoms with E-state index in [0.717, 1.165) is 32.1 Å². The van der Waals surface area contributed by atoms with Crippen molar-refractivity contribution < 1.29 is 0 Å². The maximum absolute atomic E-state index is 6.20. The van der Waals surface area contributed by atoms with E-state index in [4.69, 9.17) is 5.73 Å². The molecule has 2 fully saturated rings. The molecule has 0 radical (unpaired) electrons. The Hall–Kier alpha value is -0.860. The van der Waals surface area contributed by atoms with Crippen LogP contribution in [0.25, 0.3) is 0 Å². The number of guanidine groups is 1. The molecule has 2 aliphatic heterocycles. The minimum absolute atomic E-state index is 0. The van der Waals surface area contributed by atoms with Crippen LogP contribution in [0, 0.1) is 5.92 Å². The summed E-state index contributed by atoms with van der Waals surface area (Å²) >= 11 is 0. The molecule has 2 saturated heterocycles. The molecule has 2 aliphatic rings. The number of halogens is 1. The lowest BCUT2D eigenvalue weighted by Gasteiger charge is -2.31. The van der Waals surface area contributed by atoms with E-state index >= 15 is 0 Å². The van der Waals surface area contributed by atoms with Gasteiger partial charge in [0.2, 0.25) is 0 Å². The van der Waals surface area contributed by atoms with Crippen molar-refractivity contribution in [2.75, 3.05) is 46.3 Å². The van der Waals surface area contributed by atoms with Gasteiger partial charge in [-0.2, -0.15) is 0 Å². The number of likely N-dealkylation sites (tertiary alicyclic amines) is 1. The Labute approximate surface area is 182 Å². The maximum Gasteiger partial charge on any atom is 0.191 e. The van der Waals surface area contributed by atoms with Crippen LogP contribution in [0.5, 0.6) is 0 Å². The first-order valence-corrected chi connectivity index (χ1v) is 10.1. The summed E-state index contributed by atoms with van der Waals surface area (Å²) in [7, 11) is 2.22. The summed E-state index contributed by atoms with van der Waals surface area (Å²) in [5, 5.41) is 0. The molecule has 1 unspecified atom stereocenters. The van der Waals surface area contributed by atoms with E-state index in [-0.39, 0.29) is 24.0 Å². The highest BCUT2D eigenvalue weighted by Gasteiger charge is 2.17. The number of aliphatic imine (C=N–C) groups is 1. The fraction of sp³-hybridized carbons (Fsp3) is 0.667. The summed E-state index contributed by atoms with van der Waals surface area (Å²) < 4.78 is 0. The summed E-state index contributed by atoms with van der Waals surface area (Å²) in [5.74, 6) is 1.42. The third-order valence-electron chi connectivity index (χ3n) is 5.65. The molecule has 6 heteroatoms. The van der Waals surface area contributed by atoms with Gasteiger partial charge in [-0.3, -0.25) is 4.90 Å². The number of piperidine rings is 1. The van der Waals surface area contributed by atoms with Gasteiger partial charge in [-0.15, -0.1) is 24.0 Å². The van der Waals surface area contributed by atoms with Crippen molar-refractivity contribution >= 4 is 29.9 Å². The summed E-state index contributed by atoms with van der Waals surface area (Å²) in [5.41, 5.74) is 8.83. The molecule has 5 nitrogen and oxygen atoms in total. The minimum Gasteiger partial charge on any atom is -0.370 e. The second-order valence-corrected chi connectivity index (χ2v) is 8.12. The third-order valence-corrected chi connectivity index (χ3v) is 5.65. The van der Waals surface area contributed by atoms with Gasteiger partial charge in [0, 0.05) is 32.7 Å². The van der Waals surface area contributed by atoms with E-state index in [1.54, 1.807) is 0 Å². The van der Waals surface area contributed by atoms with Crippen molar-refractivity contribution in [1.82, 2.24) is 14.7 Å². The summed E-state index contributed by atoms with van der Waals surface area (Å²) in [6.45, 7) is 10.8. The van der Waals surface area contributed by atoms with Crippen molar-refractivity contribution in [2.24, 2.45) is 16.6 Å². The summed E-state index contributed by atoms with van der Waals surface area (Å²) in [6, 6.07) is 8.90. The van der Waals surface area contributed by atoms with Gasteiger partial charge in [-0.05, 0) is 56.4 Å². The normalized spacial score (nSPS) is 23.0. The second kappa shape index (κ2) is 11.2. The van der Waals surface area contributed by atoms with Gasteiger partial charge in [-0.25, -0.2) is 4.99 Å². The Kier molecular flexibility index (Phi) is 9.32. The highest BCUT2D eigenvalue weighted by atomic mass is 127. The highest BCUT2D eigenvalue weighted by Crippen LogP contribution is 2.15. The first kappa shape index (κ1) is 22.4. The van der Waals surface area contributed by atoms with Gasteiger partial charge in [0.1, 0.15) is 0 Å². The van der Waals surface area contributed by atoms with Crippen LogP contribution in [-0.2, 0) is 13.1 Å². The molecule has 0 aromatic heterocycles. The van der Waals surface area contributed by atoms with Gasteiger partial charge in [0.05, 0.1) is 6.54 Å². The van der Waals surface area contributed by atoms with E-state index in [2.05, 4.69) is 57.9 Å². The summed E-state index contributed by atoms with van der Waals surface area (Å²) in [4.78, 5) is 11.8. The lowest BCUT2D eigenvalue weighted by molar-refractivity contribution is 0.269. The topological polar surface area (TPSA) is 48.1 Å². The molecule has 2 N–H and O–H groups in total. The van der Waals surface area contributed by atoms with Gasteiger partial charge in [0.15, 0.2) is 5.96 Å². The average molecular weight is 485 g/mol. The van der Waals surface area contributed by atoms with Crippen molar-refractivity contribution in [2.45, 2.75) is 39.3 Å². The lowest BCUT2D eigenvalue weighted by atomic mass is 10.0. The van der Waals surface area contributed by atoms with Crippen LogP contribution >= 0.6 is 24.0 Å². The van der Waals surface area contributed by atoms with Crippen molar-refractivity contribution in [3.8, 4) is 0 Å². The summed E-state index contributed by atoms with van der Waals surface area (Å²) in [6.07, 6.45) is 3.79. The molecule has 0 amide bonds. The number of nitrogens with zero attached hydrogens (tertiary/aromatic N) is 4. The zero-order chi connectivity index (χ0) is 18.4. The maximum atomic E-state index is 6.20. The molecule has 1 aromatic carbocycles. The molecule has 1 atom stereocenters. The molecule has 2 heterocycles. The van der Waals surface area contributed by atoms with E-state index in [0.29, 0.717) is 12.5 Å². The van der Waals surface area contributed by atoms with Crippen LogP contribution in [0.2, 0.25) is 0 Å². The second-order valence-electron chi connectivity index (χ2n) is 8.12. The molecular weight excluding hydrogens is 449 g/mol. The Morgan fingerprint density at radius 1 is 1.04 bits per heavy atom. The Balaban J connectivity index is 0.00000261. The van der Waals surface area contributed by atoms with Gasteiger partial charge in [-0.1, -0.05) is 31.2 Å². The number of rotatable bonds is 4. The Morgan fingerprint density at radius 2 is 1.78 bits per heavy atom. The largest absolute Gasteiger partial charge is 0.370 e. The predicted octanol–water partition coefficient (Wildman–Crippen LogP) is 2.99. The highest BCUT2D eigenvalue weighted by molar-refractivity contribution is 14.0. The van der Waals surface area contributed by atoms with E-state index in [9.17, 15) is 0 Å². The average Bonchev–Trinajstić information content (AvgIpc) is 2.85. The molecule has 0 spiro atoms. The smallest absolute Gasteiger partial charge is 0.191 e. The van der Waals surface area contributed by atoms with Crippen LogP contribution in [0.15, 0.2) is 29.3 Å². The van der Waals surface area contributed by atoms with E-state index in [1.165, 1.54) is 50.0 Å². The number of benzene rings is 1. The molecule has 27 heavy (non-hydrogen) atoms. The van der Waals surface area contributed by atoms with E-state index < -0.39 is 0 Å². The number of hydrogen-bond donors (Lipinski definition) is 1. The van der Waals surface area contributed by atoms with Crippen LogP contribution in [0.4, 0.5) is 0 Å². The number of hydrogen-bond acceptors (Lipinski definition) is 3. The van der Waals surface area contributed by atoms with E-state index in [1.807, 2.05) is 0 Å². The van der Waals surface area contributed by atoms with Gasteiger partial charge >= 0.3 is 0 Å². The van der Waals surface area contributed by atoms with Crippen LogP contribution < -0.4 is 5.73 Å². The SMILES string of the molecule is CC1CCCN(C(N)=NCc2ccc(CN3CCCN(C)CC3)cc2)C1.I. The van der Waals surface area contributed by atoms with Crippen LogP contribution in [0.3, 0.4) is 0 Å². The fourth-order valence-corrected chi connectivity index (χ4v) is 3.94. The quantitative estimate of drug-likeness (QED) is 0.405. The molecule has 0 bridgehead atoms. The molecule has 3 rings (SSSR count). The van der Waals surface area contributed by atoms with Crippen LogP contribution in [0.1, 0.15) is 37.3 Å². The van der Waals surface area contributed by atoms with Crippen LogP contribution in [-0.4, -0.2) is 67.0 Å². The molecule has 0 saturated carbocycles. The van der Waals surface area contributed by atoms with Gasteiger partial charge in [0.25, 0.3) is 0 Å². The monoisotopic (exact) mass is 485 g/mol. The van der Waals surface area contributed by atoms with Crippen molar-refractivity contribution in [1.29, 1.82) is 0 Å². The van der Waals surface area contributed by atoms with Crippen molar-refractivity contribution in [3.63, 3.8) is 0 Å². The molecular formula is C21H36IN5. The Bertz CT molecular complexity index is 589. The predicted molar refractivity (Wildman–Crippen MR) is 125 cm³/mol. The molecule has 1 aromatic rings. The molecule has 152 valence electrons. The zero-order valence-electron chi connectivity index (χ0n) is 16.9. The van der Waals surface area contributed by atoms with Gasteiger partial charge < -0.3 is 15.5 Å². The Morgan fingerprint density at radius 3 is 2.52 bits per heavy atom. The molecule has 0 aliphatic carbocycles.